The zero-order valence-corrected chi connectivity index (χ0v) is 8.34. The Labute approximate surface area is 86.7 Å². The summed E-state index contributed by atoms with van der Waals surface area (Å²) in [5.41, 5.74) is 0. The smallest absolute Gasteiger partial charge is 0.306 e. The van der Waals surface area contributed by atoms with Crippen LogP contribution in [0.2, 0.25) is 0 Å². The third kappa shape index (κ3) is 1.73. The van der Waals surface area contributed by atoms with E-state index < -0.39 is 18.0 Å². The maximum absolute atomic E-state index is 11.0. The van der Waals surface area contributed by atoms with E-state index in [1.54, 1.807) is 0 Å². The fraction of sp³-hybridized carbons (Fsp3) is 0.700. The van der Waals surface area contributed by atoms with Crippen LogP contribution in [0.1, 0.15) is 19.8 Å². The standard InChI is InChI=1S/C10H12O5/c1-5(12)14-9-3-8-6(7(9)4-11)2-10(13)15-8/h4,6-9H,2-3H2,1H3/t6-,7-,8?,9-/m1/s1. The predicted octanol–water partition coefficient (Wildman–Crippen LogP) is 0.0686. The second-order valence-electron chi connectivity index (χ2n) is 3.99. The molecule has 2 fully saturated rings. The van der Waals surface area contributed by atoms with Crippen LogP contribution in [0.15, 0.2) is 0 Å². The number of aldehydes is 1. The normalized spacial score (nSPS) is 38.3. The number of fused-ring (bicyclic) bond motifs is 1. The summed E-state index contributed by atoms with van der Waals surface area (Å²) in [6, 6.07) is 0. The molecule has 2 aliphatic rings. The minimum absolute atomic E-state index is 0.112. The van der Waals surface area contributed by atoms with Gasteiger partial charge in [-0.05, 0) is 0 Å². The zero-order chi connectivity index (χ0) is 11.0. The Morgan fingerprint density at radius 3 is 2.93 bits per heavy atom. The molecule has 1 aliphatic carbocycles. The van der Waals surface area contributed by atoms with Crippen molar-refractivity contribution < 1.29 is 23.9 Å². The van der Waals surface area contributed by atoms with Crippen molar-refractivity contribution >= 4 is 18.2 Å². The fourth-order valence-electron chi connectivity index (χ4n) is 2.43. The first-order chi connectivity index (χ1) is 7.11. The molecular weight excluding hydrogens is 200 g/mol. The molecule has 0 N–H and O–H groups in total. The van der Waals surface area contributed by atoms with E-state index in [2.05, 4.69) is 0 Å². The van der Waals surface area contributed by atoms with Gasteiger partial charge in [-0.1, -0.05) is 0 Å². The molecule has 0 aromatic carbocycles. The molecule has 4 atom stereocenters. The quantitative estimate of drug-likeness (QED) is 0.478. The Kier molecular flexibility index (Phi) is 2.46. The van der Waals surface area contributed by atoms with Crippen LogP contribution in [0.4, 0.5) is 0 Å². The molecular formula is C10H12O5. The van der Waals surface area contributed by atoms with Crippen molar-refractivity contribution in [3.8, 4) is 0 Å². The van der Waals surface area contributed by atoms with Gasteiger partial charge >= 0.3 is 11.9 Å². The van der Waals surface area contributed by atoms with Crippen molar-refractivity contribution in [2.75, 3.05) is 0 Å². The molecule has 5 nitrogen and oxygen atoms in total. The summed E-state index contributed by atoms with van der Waals surface area (Å²) in [7, 11) is 0. The molecule has 0 radical (unpaired) electrons. The Morgan fingerprint density at radius 2 is 2.33 bits per heavy atom. The monoisotopic (exact) mass is 212 g/mol. The minimum Gasteiger partial charge on any atom is -0.462 e. The molecule has 1 heterocycles. The second kappa shape index (κ2) is 3.64. The van der Waals surface area contributed by atoms with Crippen LogP contribution in [0.25, 0.3) is 0 Å². The molecule has 82 valence electrons. The van der Waals surface area contributed by atoms with Crippen LogP contribution in [-0.4, -0.2) is 30.4 Å². The highest BCUT2D eigenvalue weighted by molar-refractivity contribution is 5.74. The van der Waals surface area contributed by atoms with Crippen molar-refractivity contribution in [2.45, 2.75) is 32.0 Å². The highest BCUT2D eigenvalue weighted by Gasteiger charge is 2.51. The molecule has 1 saturated heterocycles. The lowest BCUT2D eigenvalue weighted by Crippen LogP contribution is -2.25. The Hall–Kier alpha value is -1.39. The first-order valence-electron chi connectivity index (χ1n) is 4.94. The Bertz CT molecular complexity index is 311. The fourth-order valence-corrected chi connectivity index (χ4v) is 2.43. The zero-order valence-electron chi connectivity index (χ0n) is 8.34. The van der Waals surface area contributed by atoms with Gasteiger partial charge in [0.1, 0.15) is 18.5 Å². The number of hydrogen-bond donors (Lipinski definition) is 0. The lowest BCUT2D eigenvalue weighted by Gasteiger charge is -2.16. The first-order valence-corrected chi connectivity index (χ1v) is 4.94. The van der Waals surface area contributed by atoms with Gasteiger partial charge in [-0.25, -0.2) is 0 Å². The summed E-state index contributed by atoms with van der Waals surface area (Å²) in [5, 5.41) is 0. The molecule has 1 aliphatic heterocycles. The first kappa shape index (κ1) is 10.1. The molecule has 0 amide bonds. The number of rotatable bonds is 2. The molecule has 0 spiro atoms. The van der Waals surface area contributed by atoms with Crippen LogP contribution < -0.4 is 0 Å². The van der Waals surface area contributed by atoms with E-state index in [0.29, 0.717) is 6.42 Å². The maximum atomic E-state index is 11.0. The molecule has 2 rings (SSSR count). The molecule has 1 saturated carbocycles. The highest BCUT2D eigenvalue weighted by Crippen LogP contribution is 2.41. The largest absolute Gasteiger partial charge is 0.462 e. The second-order valence-corrected chi connectivity index (χ2v) is 3.99. The van der Waals surface area contributed by atoms with Crippen molar-refractivity contribution in [1.29, 1.82) is 0 Å². The molecule has 1 unspecified atom stereocenters. The average Bonchev–Trinajstić information content (AvgIpc) is 2.59. The average molecular weight is 212 g/mol. The van der Waals surface area contributed by atoms with Crippen LogP contribution >= 0.6 is 0 Å². The van der Waals surface area contributed by atoms with E-state index in [4.69, 9.17) is 9.47 Å². The van der Waals surface area contributed by atoms with Gasteiger partial charge in [-0.2, -0.15) is 0 Å². The molecule has 0 aromatic heterocycles. The van der Waals surface area contributed by atoms with Crippen LogP contribution in [0, 0.1) is 11.8 Å². The molecule has 5 heteroatoms. The predicted molar refractivity (Wildman–Crippen MR) is 47.7 cm³/mol. The van der Waals surface area contributed by atoms with Crippen molar-refractivity contribution in [3.63, 3.8) is 0 Å². The number of esters is 2. The van der Waals surface area contributed by atoms with Gasteiger partial charge in [0.25, 0.3) is 0 Å². The highest BCUT2D eigenvalue weighted by atomic mass is 16.6. The van der Waals surface area contributed by atoms with Crippen LogP contribution in [-0.2, 0) is 23.9 Å². The lowest BCUT2D eigenvalue weighted by atomic mass is 9.94. The lowest BCUT2D eigenvalue weighted by molar-refractivity contribution is -0.150. The minimum atomic E-state index is -0.428. The van der Waals surface area contributed by atoms with E-state index in [9.17, 15) is 14.4 Å². The number of ether oxygens (including phenoxy) is 2. The van der Waals surface area contributed by atoms with E-state index in [1.807, 2.05) is 0 Å². The van der Waals surface area contributed by atoms with Gasteiger partial charge in [0.15, 0.2) is 0 Å². The van der Waals surface area contributed by atoms with Gasteiger partial charge < -0.3 is 14.3 Å². The summed E-state index contributed by atoms with van der Waals surface area (Å²) in [6.07, 6.45) is 0.783. The maximum Gasteiger partial charge on any atom is 0.306 e. The number of carbonyl (C=O) groups is 3. The summed E-state index contributed by atoms with van der Waals surface area (Å²) >= 11 is 0. The van der Waals surface area contributed by atoms with Crippen molar-refractivity contribution in [2.24, 2.45) is 11.8 Å². The number of carbonyl (C=O) groups excluding carboxylic acids is 3. The summed E-state index contributed by atoms with van der Waals surface area (Å²) in [5.74, 6) is -1.18. The summed E-state index contributed by atoms with van der Waals surface area (Å²) in [6.45, 7) is 1.31. The van der Waals surface area contributed by atoms with Gasteiger partial charge in [0, 0.05) is 19.3 Å². The van der Waals surface area contributed by atoms with Crippen LogP contribution in [0.3, 0.4) is 0 Å². The van der Waals surface area contributed by atoms with E-state index >= 15 is 0 Å². The van der Waals surface area contributed by atoms with Gasteiger partial charge in [-0.15, -0.1) is 0 Å². The van der Waals surface area contributed by atoms with Crippen LogP contribution in [0.5, 0.6) is 0 Å². The van der Waals surface area contributed by atoms with E-state index in [1.165, 1.54) is 6.92 Å². The SMILES string of the molecule is CC(=O)O[C@@H]1CC2OC(=O)C[C@@H]2[C@H]1C=O. The Morgan fingerprint density at radius 1 is 1.60 bits per heavy atom. The Balaban J connectivity index is 2.09. The van der Waals surface area contributed by atoms with Gasteiger partial charge in [0.2, 0.25) is 0 Å². The molecule has 0 aromatic rings. The third-order valence-corrected chi connectivity index (χ3v) is 3.03. The van der Waals surface area contributed by atoms with E-state index in [-0.39, 0.29) is 24.4 Å². The molecule has 0 bridgehead atoms. The van der Waals surface area contributed by atoms with Gasteiger partial charge in [0.05, 0.1) is 12.3 Å². The van der Waals surface area contributed by atoms with Crippen molar-refractivity contribution in [1.82, 2.24) is 0 Å². The third-order valence-electron chi connectivity index (χ3n) is 3.03. The topological polar surface area (TPSA) is 69.7 Å². The number of hydrogen-bond acceptors (Lipinski definition) is 5. The summed E-state index contributed by atoms with van der Waals surface area (Å²) in [4.78, 5) is 32.7. The summed E-state index contributed by atoms with van der Waals surface area (Å²) < 4.78 is 10.1. The van der Waals surface area contributed by atoms with Crippen molar-refractivity contribution in [3.05, 3.63) is 0 Å². The molecule has 15 heavy (non-hydrogen) atoms. The van der Waals surface area contributed by atoms with E-state index in [0.717, 1.165) is 6.29 Å². The van der Waals surface area contributed by atoms with Gasteiger partial charge in [-0.3, -0.25) is 9.59 Å².